The van der Waals surface area contributed by atoms with Gasteiger partial charge in [0.05, 0.1) is 0 Å². The number of unbranched alkanes of at least 4 members (excludes halogenated alkanes) is 3. The summed E-state index contributed by atoms with van der Waals surface area (Å²) in [5.41, 5.74) is 0. The number of carbonyl (C=O) groups excluding carboxylic acids is 2. The summed E-state index contributed by atoms with van der Waals surface area (Å²) in [7, 11) is 0. The fraction of sp³-hybridized carbons (Fsp3) is 0.512. The maximum Gasteiger partial charge on any atom is 0.305 e. The van der Waals surface area contributed by atoms with Gasteiger partial charge < -0.3 is 14.6 Å². The minimum atomic E-state index is -1.01. The Hall–Kier alpha value is -3.44. The minimum absolute atomic E-state index is 0.164. The van der Waals surface area contributed by atoms with Crippen LogP contribution in [0.2, 0.25) is 0 Å². The zero-order valence-corrected chi connectivity index (χ0v) is 28.8. The van der Waals surface area contributed by atoms with Crippen LogP contribution in [0.15, 0.2) is 109 Å². The van der Waals surface area contributed by atoms with Crippen molar-refractivity contribution >= 4 is 11.9 Å². The zero-order valence-electron chi connectivity index (χ0n) is 28.8. The molecule has 0 aliphatic heterocycles. The fourth-order valence-electron chi connectivity index (χ4n) is 3.93. The summed E-state index contributed by atoms with van der Waals surface area (Å²) in [5, 5.41) is 9.97. The van der Waals surface area contributed by atoms with Gasteiger partial charge in [0.2, 0.25) is 0 Å². The molecule has 0 heterocycles. The molecule has 0 radical (unpaired) electrons. The topological polar surface area (TPSA) is 72.8 Å². The molecular formula is C41H62O5. The highest BCUT2D eigenvalue weighted by atomic mass is 16.6. The lowest BCUT2D eigenvalue weighted by Crippen LogP contribution is -2.25. The third kappa shape index (κ3) is 35.0. The highest BCUT2D eigenvalue weighted by molar-refractivity contribution is 5.69. The molecule has 256 valence electrons. The van der Waals surface area contributed by atoms with Crippen LogP contribution in [0.25, 0.3) is 0 Å². The van der Waals surface area contributed by atoms with Gasteiger partial charge in [-0.2, -0.15) is 0 Å². The number of esters is 2. The van der Waals surface area contributed by atoms with Crippen LogP contribution in [0.1, 0.15) is 117 Å². The van der Waals surface area contributed by atoms with Crippen molar-refractivity contribution in [2.45, 2.75) is 123 Å². The molecule has 0 saturated heterocycles. The summed E-state index contributed by atoms with van der Waals surface area (Å²) in [6.07, 6.45) is 51.4. The lowest BCUT2D eigenvalue weighted by molar-refractivity contribution is -0.152. The molecule has 1 N–H and O–H groups in total. The Bertz CT molecular complexity index is 990. The van der Waals surface area contributed by atoms with E-state index in [2.05, 4.69) is 123 Å². The van der Waals surface area contributed by atoms with Crippen LogP contribution in [0.5, 0.6) is 0 Å². The van der Waals surface area contributed by atoms with Gasteiger partial charge in [-0.1, -0.05) is 123 Å². The second-order valence-electron chi connectivity index (χ2n) is 10.9. The quantitative estimate of drug-likeness (QED) is 0.0503. The highest BCUT2D eigenvalue weighted by Gasteiger charge is 2.11. The molecule has 5 nitrogen and oxygen atoms in total. The first-order valence-corrected chi connectivity index (χ1v) is 17.4. The van der Waals surface area contributed by atoms with E-state index in [-0.39, 0.29) is 25.2 Å². The number of hydrogen-bond acceptors (Lipinski definition) is 5. The molecule has 0 aromatic carbocycles. The number of carbonyl (C=O) groups is 2. The van der Waals surface area contributed by atoms with Gasteiger partial charge in [0.1, 0.15) is 19.3 Å². The van der Waals surface area contributed by atoms with Crippen molar-refractivity contribution in [3.63, 3.8) is 0 Å². The number of rotatable bonds is 29. The van der Waals surface area contributed by atoms with E-state index < -0.39 is 6.10 Å². The van der Waals surface area contributed by atoms with Crippen LogP contribution in [-0.4, -0.2) is 36.4 Å². The van der Waals surface area contributed by atoms with Crippen molar-refractivity contribution in [1.82, 2.24) is 0 Å². The second-order valence-corrected chi connectivity index (χ2v) is 10.9. The van der Waals surface area contributed by atoms with Crippen molar-refractivity contribution in [2.24, 2.45) is 0 Å². The van der Waals surface area contributed by atoms with E-state index in [4.69, 9.17) is 9.47 Å². The van der Waals surface area contributed by atoms with Crippen LogP contribution in [-0.2, 0) is 19.1 Å². The molecule has 0 spiro atoms. The summed E-state index contributed by atoms with van der Waals surface area (Å²) in [5.74, 6) is -0.693. The maximum atomic E-state index is 11.9. The Labute approximate surface area is 280 Å². The molecule has 0 aliphatic carbocycles. The van der Waals surface area contributed by atoms with Crippen molar-refractivity contribution < 1.29 is 24.2 Å². The normalized spacial score (nSPS) is 13.5. The summed E-state index contributed by atoms with van der Waals surface area (Å²) >= 11 is 0. The van der Waals surface area contributed by atoms with Crippen molar-refractivity contribution in [3.8, 4) is 0 Å². The fourth-order valence-corrected chi connectivity index (χ4v) is 3.93. The average Bonchev–Trinajstić information content (AvgIpc) is 3.06. The Morgan fingerprint density at radius 1 is 0.457 bits per heavy atom. The largest absolute Gasteiger partial charge is 0.463 e. The molecule has 0 saturated carbocycles. The molecule has 0 amide bonds. The van der Waals surface area contributed by atoms with Crippen molar-refractivity contribution in [2.75, 3.05) is 13.2 Å². The minimum Gasteiger partial charge on any atom is -0.463 e. The molecule has 1 atom stereocenters. The first-order chi connectivity index (χ1) is 22.6. The molecule has 0 fully saturated rings. The molecule has 0 aromatic rings. The van der Waals surface area contributed by atoms with Gasteiger partial charge in [0.25, 0.3) is 0 Å². The van der Waals surface area contributed by atoms with E-state index in [9.17, 15) is 14.7 Å². The number of aliphatic hydroxyl groups excluding tert-OH is 1. The smallest absolute Gasteiger partial charge is 0.305 e. The van der Waals surface area contributed by atoms with E-state index in [0.717, 1.165) is 83.5 Å². The van der Waals surface area contributed by atoms with E-state index in [1.165, 1.54) is 0 Å². The van der Waals surface area contributed by atoms with E-state index in [1.807, 2.05) is 0 Å². The second kappa shape index (κ2) is 36.0. The van der Waals surface area contributed by atoms with Gasteiger partial charge in [-0.05, 0) is 89.9 Å². The van der Waals surface area contributed by atoms with Gasteiger partial charge in [-0.25, -0.2) is 0 Å². The van der Waals surface area contributed by atoms with Crippen LogP contribution >= 0.6 is 0 Å². The Morgan fingerprint density at radius 3 is 1.13 bits per heavy atom. The van der Waals surface area contributed by atoms with Crippen LogP contribution in [0.4, 0.5) is 0 Å². The maximum absolute atomic E-state index is 11.9. The van der Waals surface area contributed by atoms with Gasteiger partial charge in [-0.15, -0.1) is 0 Å². The molecular weight excluding hydrogens is 572 g/mol. The SMILES string of the molecule is CC/C=C\C/C=C\C/C=C\C/C=C\C/C=C\CCCC(=O)OC[C@H](O)COC(=O)CCCC/C=C\C/C=C\C/C=C\C/C=C\CC. The molecule has 0 bridgehead atoms. The van der Waals surface area contributed by atoms with E-state index in [0.29, 0.717) is 19.3 Å². The highest BCUT2D eigenvalue weighted by Crippen LogP contribution is 2.05. The molecule has 5 heteroatoms. The zero-order chi connectivity index (χ0) is 33.6. The van der Waals surface area contributed by atoms with Gasteiger partial charge in [0.15, 0.2) is 0 Å². The Morgan fingerprint density at radius 2 is 0.761 bits per heavy atom. The third-order valence-corrected chi connectivity index (χ3v) is 6.50. The Kier molecular flexibility index (Phi) is 33.3. The molecule has 0 unspecified atom stereocenters. The summed E-state index contributed by atoms with van der Waals surface area (Å²) in [4.78, 5) is 23.8. The van der Waals surface area contributed by atoms with E-state index in [1.54, 1.807) is 0 Å². The average molecular weight is 635 g/mol. The van der Waals surface area contributed by atoms with Crippen molar-refractivity contribution in [1.29, 1.82) is 0 Å². The molecule has 0 aromatic heterocycles. The number of aliphatic hydroxyl groups is 1. The Balaban J connectivity index is 3.68. The number of allylic oxidation sites excluding steroid dienone is 18. The van der Waals surface area contributed by atoms with Gasteiger partial charge in [0, 0.05) is 12.8 Å². The van der Waals surface area contributed by atoms with Crippen LogP contribution < -0.4 is 0 Å². The monoisotopic (exact) mass is 634 g/mol. The lowest BCUT2D eigenvalue weighted by Gasteiger charge is -2.12. The van der Waals surface area contributed by atoms with Crippen LogP contribution in [0, 0.1) is 0 Å². The van der Waals surface area contributed by atoms with Crippen LogP contribution in [0.3, 0.4) is 0 Å². The number of ether oxygens (including phenoxy) is 2. The van der Waals surface area contributed by atoms with E-state index >= 15 is 0 Å². The summed E-state index contributed by atoms with van der Waals surface area (Å²) in [6, 6.07) is 0. The predicted octanol–water partition coefficient (Wildman–Crippen LogP) is 10.7. The third-order valence-electron chi connectivity index (χ3n) is 6.50. The van der Waals surface area contributed by atoms with Gasteiger partial charge >= 0.3 is 11.9 Å². The van der Waals surface area contributed by atoms with Gasteiger partial charge in [-0.3, -0.25) is 9.59 Å². The molecule has 46 heavy (non-hydrogen) atoms. The molecule has 0 rings (SSSR count). The first kappa shape index (κ1) is 42.6. The number of hydrogen-bond donors (Lipinski definition) is 1. The summed E-state index contributed by atoms with van der Waals surface area (Å²) in [6.45, 7) is 3.95. The standard InChI is InChI=1S/C41H62O5/c1-3-5-7-9-11-13-15-17-19-20-22-24-26-28-30-32-34-36-41(44)46-38-39(42)37-45-40(43)35-33-31-29-27-25-23-21-18-16-14-12-10-8-6-4-2/h5-8,11-14,17-19,21-22,24-25,27-28,30,39,42H,3-4,9-10,15-16,20,23,26,29,31-38H2,1-2H3/b7-5-,8-6-,13-11-,14-12-,19-17-,21-18-,24-22-,27-25-,30-28-/t39-/m1/s1. The summed E-state index contributed by atoms with van der Waals surface area (Å²) < 4.78 is 10.2. The van der Waals surface area contributed by atoms with Crippen molar-refractivity contribution in [3.05, 3.63) is 109 Å². The lowest BCUT2D eigenvalue weighted by atomic mass is 10.2. The first-order valence-electron chi connectivity index (χ1n) is 17.4. The molecule has 0 aliphatic rings. The predicted molar refractivity (Wildman–Crippen MR) is 195 cm³/mol.